The summed E-state index contributed by atoms with van der Waals surface area (Å²) in [6.45, 7) is 1.58. The first-order valence-corrected chi connectivity index (χ1v) is 6.59. The van der Waals surface area contributed by atoms with Gasteiger partial charge in [0.1, 0.15) is 11.7 Å². The largest absolute Gasteiger partial charge is 0.496 e. The second-order valence-electron chi connectivity index (χ2n) is 4.75. The highest BCUT2D eigenvalue weighted by atomic mass is 16.5. The van der Waals surface area contributed by atoms with E-state index in [-0.39, 0.29) is 6.54 Å². The van der Waals surface area contributed by atoms with Crippen molar-refractivity contribution >= 4 is 22.6 Å². The second kappa shape index (κ2) is 6.26. The minimum Gasteiger partial charge on any atom is -0.496 e. The Bertz CT molecular complexity index is 681. The maximum atomic E-state index is 11.8. The first kappa shape index (κ1) is 14.8. The van der Waals surface area contributed by atoms with Gasteiger partial charge in [0.2, 0.25) is 5.91 Å². The Morgan fingerprint density at radius 3 is 2.62 bits per heavy atom. The maximum Gasteiger partial charge on any atom is 0.315 e. The van der Waals surface area contributed by atoms with Gasteiger partial charge < -0.3 is 15.2 Å². The van der Waals surface area contributed by atoms with E-state index in [1.54, 1.807) is 7.11 Å². The van der Waals surface area contributed by atoms with Crippen LogP contribution in [0.25, 0.3) is 10.8 Å². The number of ether oxygens (including phenoxy) is 1. The van der Waals surface area contributed by atoms with Crippen molar-refractivity contribution in [1.82, 2.24) is 5.32 Å². The minimum absolute atomic E-state index is 0.223. The Labute approximate surface area is 122 Å². The van der Waals surface area contributed by atoms with Gasteiger partial charge in [0.15, 0.2) is 0 Å². The summed E-state index contributed by atoms with van der Waals surface area (Å²) < 4.78 is 5.33. The summed E-state index contributed by atoms with van der Waals surface area (Å²) in [7, 11) is 1.56. The van der Waals surface area contributed by atoms with Gasteiger partial charge in [0, 0.05) is 12.1 Å². The van der Waals surface area contributed by atoms with E-state index in [0.29, 0.717) is 5.75 Å². The maximum absolute atomic E-state index is 11.8. The quantitative estimate of drug-likeness (QED) is 0.826. The van der Waals surface area contributed by atoms with Crippen LogP contribution < -0.4 is 10.1 Å². The van der Waals surface area contributed by atoms with E-state index in [1.807, 2.05) is 36.4 Å². The fraction of sp³-hybridized carbons (Fsp3) is 0.250. The molecule has 0 aliphatic rings. The van der Waals surface area contributed by atoms with E-state index in [1.165, 1.54) is 6.92 Å². The van der Waals surface area contributed by atoms with Crippen LogP contribution in [0.2, 0.25) is 0 Å². The summed E-state index contributed by atoms with van der Waals surface area (Å²) >= 11 is 0. The normalized spacial score (nSPS) is 11.9. The van der Waals surface area contributed by atoms with Crippen molar-refractivity contribution in [3.05, 3.63) is 42.0 Å². The average Bonchev–Trinajstić information content (AvgIpc) is 2.51. The molecule has 0 saturated carbocycles. The monoisotopic (exact) mass is 287 g/mol. The van der Waals surface area contributed by atoms with Gasteiger partial charge in [-0.2, -0.15) is 0 Å². The number of carboxylic acid groups (broad SMARTS) is 1. The highest BCUT2D eigenvalue weighted by Crippen LogP contribution is 2.27. The highest BCUT2D eigenvalue weighted by molar-refractivity contribution is 5.96. The molecule has 0 radical (unpaired) electrons. The van der Waals surface area contributed by atoms with Crippen molar-refractivity contribution in [2.45, 2.75) is 13.5 Å². The number of nitrogens with one attached hydrogen (secondary N) is 1. The van der Waals surface area contributed by atoms with Gasteiger partial charge in [0.05, 0.1) is 7.11 Å². The number of rotatable bonds is 5. The Morgan fingerprint density at radius 1 is 1.24 bits per heavy atom. The average molecular weight is 287 g/mol. The van der Waals surface area contributed by atoms with Gasteiger partial charge in [-0.1, -0.05) is 30.3 Å². The van der Waals surface area contributed by atoms with E-state index in [9.17, 15) is 9.59 Å². The van der Waals surface area contributed by atoms with Crippen molar-refractivity contribution in [3.8, 4) is 5.75 Å². The Kier molecular flexibility index (Phi) is 4.42. The molecule has 110 valence electrons. The molecule has 2 rings (SSSR count). The van der Waals surface area contributed by atoms with Crippen molar-refractivity contribution in [2.24, 2.45) is 5.92 Å². The zero-order valence-corrected chi connectivity index (χ0v) is 11.9. The number of benzene rings is 2. The number of carboxylic acids is 1. The van der Waals surface area contributed by atoms with Crippen molar-refractivity contribution < 1.29 is 19.4 Å². The third-order valence-electron chi connectivity index (χ3n) is 3.42. The molecule has 1 amide bonds. The number of fused-ring (bicyclic) bond motifs is 1. The lowest BCUT2D eigenvalue weighted by molar-refractivity contribution is -0.146. The molecule has 0 bridgehead atoms. The number of aliphatic carboxylic acids is 1. The molecule has 0 aliphatic heterocycles. The molecule has 0 aromatic heterocycles. The predicted molar refractivity (Wildman–Crippen MR) is 79.1 cm³/mol. The molecule has 5 heteroatoms. The molecule has 2 N–H and O–H groups in total. The third-order valence-corrected chi connectivity index (χ3v) is 3.42. The summed E-state index contributed by atoms with van der Waals surface area (Å²) in [6.07, 6.45) is 0. The second-order valence-corrected chi connectivity index (χ2v) is 4.75. The molecule has 1 unspecified atom stereocenters. The SMILES string of the molecule is COc1ccc2ccccc2c1CNC(=O)C(C)C(=O)O. The minimum atomic E-state index is -1.14. The molecule has 1 atom stereocenters. The fourth-order valence-corrected chi connectivity index (χ4v) is 2.13. The fourth-order valence-electron chi connectivity index (χ4n) is 2.13. The topological polar surface area (TPSA) is 75.6 Å². The molecule has 2 aromatic carbocycles. The summed E-state index contributed by atoms with van der Waals surface area (Å²) in [5.74, 6) is -2.07. The van der Waals surface area contributed by atoms with Gasteiger partial charge >= 0.3 is 5.97 Å². The molecule has 0 spiro atoms. The Hall–Kier alpha value is -2.56. The van der Waals surface area contributed by atoms with Crippen LogP contribution in [0.5, 0.6) is 5.75 Å². The molecule has 0 heterocycles. The zero-order chi connectivity index (χ0) is 15.4. The van der Waals surface area contributed by atoms with Crippen molar-refractivity contribution in [3.63, 3.8) is 0 Å². The number of carbonyl (C=O) groups is 2. The molecule has 0 saturated heterocycles. The lowest BCUT2D eigenvalue weighted by atomic mass is 10.0. The van der Waals surface area contributed by atoms with Crippen LogP contribution in [0.15, 0.2) is 36.4 Å². The van der Waals surface area contributed by atoms with Gasteiger partial charge in [-0.3, -0.25) is 9.59 Å². The molecule has 21 heavy (non-hydrogen) atoms. The zero-order valence-electron chi connectivity index (χ0n) is 11.9. The molecule has 0 fully saturated rings. The lowest BCUT2D eigenvalue weighted by Crippen LogP contribution is -2.33. The summed E-state index contributed by atoms with van der Waals surface area (Å²) in [5, 5.41) is 13.5. The molecular weight excluding hydrogens is 270 g/mol. The van der Waals surface area contributed by atoms with Crippen LogP contribution in [0.1, 0.15) is 12.5 Å². The molecular formula is C16H17NO4. The van der Waals surface area contributed by atoms with Gasteiger partial charge in [-0.25, -0.2) is 0 Å². The van der Waals surface area contributed by atoms with Gasteiger partial charge in [-0.15, -0.1) is 0 Å². The highest BCUT2D eigenvalue weighted by Gasteiger charge is 2.20. The molecule has 0 aliphatic carbocycles. The summed E-state index contributed by atoms with van der Waals surface area (Å²) in [6, 6.07) is 11.5. The standard InChI is InChI=1S/C16H17NO4/c1-10(16(19)20)15(18)17-9-13-12-6-4-3-5-11(12)7-8-14(13)21-2/h3-8,10H,9H2,1-2H3,(H,17,18)(H,19,20). The van der Waals surface area contributed by atoms with Crippen LogP contribution in [-0.4, -0.2) is 24.1 Å². The predicted octanol–water partition coefficient (Wildman–Crippen LogP) is 2.19. The van der Waals surface area contributed by atoms with Crippen LogP contribution in [0.4, 0.5) is 0 Å². The Morgan fingerprint density at radius 2 is 1.95 bits per heavy atom. The first-order chi connectivity index (χ1) is 10.0. The smallest absolute Gasteiger partial charge is 0.315 e. The van der Waals surface area contributed by atoms with E-state index < -0.39 is 17.8 Å². The number of carbonyl (C=O) groups excluding carboxylic acids is 1. The lowest BCUT2D eigenvalue weighted by Gasteiger charge is -2.14. The van der Waals surface area contributed by atoms with E-state index in [0.717, 1.165) is 16.3 Å². The van der Waals surface area contributed by atoms with Crippen LogP contribution >= 0.6 is 0 Å². The van der Waals surface area contributed by atoms with E-state index >= 15 is 0 Å². The molecule has 5 nitrogen and oxygen atoms in total. The van der Waals surface area contributed by atoms with Crippen LogP contribution in [0.3, 0.4) is 0 Å². The van der Waals surface area contributed by atoms with Crippen molar-refractivity contribution in [2.75, 3.05) is 7.11 Å². The van der Waals surface area contributed by atoms with Crippen molar-refractivity contribution in [1.29, 1.82) is 0 Å². The first-order valence-electron chi connectivity index (χ1n) is 6.59. The van der Waals surface area contributed by atoms with Gasteiger partial charge in [-0.05, 0) is 23.8 Å². The number of hydrogen-bond acceptors (Lipinski definition) is 3. The Balaban J connectivity index is 2.28. The summed E-state index contributed by atoms with van der Waals surface area (Å²) in [4.78, 5) is 22.6. The van der Waals surface area contributed by atoms with E-state index in [2.05, 4.69) is 5.32 Å². The number of hydrogen-bond donors (Lipinski definition) is 2. The summed E-state index contributed by atoms with van der Waals surface area (Å²) in [5.41, 5.74) is 0.835. The van der Waals surface area contributed by atoms with E-state index in [4.69, 9.17) is 9.84 Å². The van der Waals surface area contributed by atoms with Gasteiger partial charge in [0.25, 0.3) is 0 Å². The number of amides is 1. The number of methoxy groups -OCH3 is 1. The van der Waals surface area contributed by atoms with Crippen LogP contribution in [-0.2, 0) is 16.1 Å². The molecule has 2 aromatic rings. The van der Waals surface area contributed by atoms with Crippen LogP contribution in [0, 0.1) is 5.92 Å². The third kappa shape index (κ3) is 3.13.